The van der Waals surface area contributed by atoms with Crippen LogP contribution in [0.3, 0.4) is 0 Å². The van der Waals surface area contributed by atoms with Crippen LogP contribution in [-0.4, -0.2) is 17.3 Å². The maximum atomic E-state index is 5.94. The zero-order valence-corrected chi connectivity index (χ0v) is 12.0. The Hall–Kier alpha value is -2.53. The summed E-state index contributed by atoms with van der Waals surface area (Å²) in [5.74, 6) is 1.45. The molecule has 5 nitrogen and oxygen atoms in total. The van der Waals surface area contributed by atoms with E-state index in [9.17, 15) is 0 Å². The summed E-state index contributed by atoms with van der Waals surface area (Å²) in [5.41, 5.74) is 7.85. The van der Waals surface area contributed by atoms with E-state index in [4.69, 9.17) is 26.6 Å². The van der Waals surface area contributed by atoms with Crippen molar-refractivity contribution in [2.75, 3.05) is 12.8 Å². The van der Waals surface area contributed by atoms with Crippen LogP contribution in [0.2, 0.25) is 5.02 Å². The van der Waals surface area contributed by atoms with Crippen molar-refractivity contribution in [3.63, 3.8) is 0 Å². The molecule has 0 aliphatic carbocycles. The van der Waals surface area contributed by atoms with E-state index >= 15 is 0 Å². The first-order valence-corrected chi connectivity index (χ1v) is 6.58. The van der Waals surface area contributed by atoms with Crippen LogP contribution in [0.25, 0.3) is 22.8 Å². The summed E-state index contributed by atoms with van der Waals surface area (Å²) in [5, 5.41) is 4.56. The minimum absolute atomic E-state index is 0.419. The van der Waals surface area contributed by atoms with Gasteiger partial charge in [-0.05, 0) is 42.5 Å². The van der Waals surface area contributed by atoms with Gasteiger partial charge in [-0.3, -0.25) is 0 Å². The van der Waals surface area contributed by atoms with Crippen LogP contribution in [0, 0.1) is 0 Å². The SMILES string of the molecule is COc1cc(Cl)ccc1-c1noc(-c2ccc(N)cc2)n1. The lowest BCUT2D eigenvalue weighted by atomic mass is 10.2. The molecule has 0 saturated heterocycles. The van der Waals surface area contributed by atoms with Gasteiger partial charge in [0.1, 0.15) is 5.75 Å². The van der Waals surface area contributed by atoms with Crippen molar-refractivity contribution in [1.82, 2.24) is 10.1 Å². The van der Waals surface area contributed by atoms with E-state index in [0.29, 0.717) is 33.7 Å². The maximum Gasteiger partial charge on any atom is 0.258 e. The summed E-state index contributed by atoms with van der Waals surface area (Å²) >= 11 is 5.94. The average Bonchev–Trinajstić information content (AvgIpc) is 2.97. The molecule has 0 unspecified atom stereocenters. The fourth-order valence-corrected chi connectivity index (χ4v) is 2.09. The number of aromatic nitrogens is 2. The fourth-order valence-electron chi connectivity index (χ4n) is 1.93. The first-order valence-electron chi connectivity index (χ1n) is 6.21. The number of halogens is 1. The first-order chi connectivity index (χ1) is 10.2. The zero-order valence-electron chi connectivity index (χ0n) is 11.2. The van der Waals surface area contributed by atoms with E-state index < -0.39 is 0 Å². The second-order valence-corrected chi connectivity index (χ2v) is 4.83. The van der Waals surface area contributed by atoms with Crippen LogP contribution < -0.4 is 10.5 Å². The van der Waals surface area contributed by atoms with Crippen LogP contribution in [0.4, 0.5) is 5.69 Å². The highest BCUT2D eigenvalue weighted by Gasteiger charge is 2.14. The third kappa shape index (κ3) is 2.68. The molecular formula is C15H12ClN3O2. The molecule has 0 atom stereocenters. The molecule has 106 valence electrons. The number of ether oxygens (including phenoxy) is 1. The number of methoxy groups -OCH3 is 1. The molecule has 2 N–H and O–H groups in total. The molecule has 0 saturated carbocycles. The van der Waals surface area contributed by atoms with E-state index in [2.05, 4.69) is 10.1 Å². The summed E-state index contributed by atoms with van der Waals surface area (Å²) in [6.45, 7) is 0. The second-order valence-electron chi connectivity index (χ2n) is 4.39. The van der Waals surface area contributed by atoms with Crippen LogP contribution >= 0.6 is 11.6 Å². The van der Waals surface area contributed by atoms with E-state index in [1.54, 1.807) is 37.4 Å². The van der Waals surface area contributed by atoms with Crippen molar-refractivity contribution in [3.05, 3.63) is 47.5 Å². The van der Waals surface area contributed by atoms with Crippen LogP contribution in [0.5, 0.6) is 5.75 Å². The second kappa shape index (κ2) is 5.46. The van der Waals surface area contributed by atoms with Crippen molar-refractivity contribution >= 4 is 17.3 Å². The van der Waals surface area contributed by atoms with Crippen molar-refractivity contribution in [3.8, 4) is 28.6 Å². The molecule has 1 heterocycles. The molecule has 21 heavy (non-hydrogen) atoms. The van der Waals surface area contributed by atoms with Crippen LogP contribution in [0.1, 0.15) is 0 Å². The van der Waals surface area contributed by atoms with Gasteiger partial charge in [-0.1, -0.05) is 16.8 Å². The molecule has 0 spiro atoms. The Morgan fingerprint density at radius 2 is 1.90 bits per heavy atom. The fraction of sp³-hybridized carbons (Fsp3) is 0.0667. The normalized spacial score (nSPS) is 10.6. The minimum atomic E-state index is 0.419. The highest BCUT2D eigenvalue weighted by atomic mass is 35.5. The monoisotopic (exact) mass is 301 g/mol. The molecular weight excluding hydrogens is 290 g/mol. The molecule has 0 bridgehead atoms. The van der Waals surface area contributed by atoms with E-state index in [1.165, 1.54) is 0 Å². The topological polar surface area (TPSA) is 74.2 Å². The third-order valence-corrected chi connectivity index (χ3v) is 3.22. The molecule has 1 aromatic heterocycles. The van der Waals surface area contributed by atoms with Gasteiger partial charge in [0.15, 0.2) is 0 Å². The van der Waals surface area contributed by atoms with Gasteiger partial charge in [0.2, 0.25) is 5.82 Å². The summed E-state index contributed by atoms with van der Waals surface area (Å²) in [6.07, 6.45) is 0. The molecule has 3 aromatic rings. The number of nitrogens with two attached hydrogens (primary N) is 1. The average molecular weight is 302 g/mol. The Labute approximate surface area is 126 Å². The molecule has 2 aromatic carbocycles. The van der Waals surface area contributed by atoms with Crippen molar-refractivity contribution in [2.24, 2.45) is 0 Å². The van der Waals surface area contributed by atoms with Gasteiger partial charge in [0.05, 0.1) is 12.7 Å². The lowest BCUT2D eigenvalue weighted by Gasteiger charge is -2.04. The van der Waals surface area contributed by atoms with Gasteiger partial charge >= 0.3 is 0 Å². The number of hydrogen-bond acceptors (Lipinski definition) is 5. The number of hydrogen-bond donors (Lipinski definition) is 1. The van der Waals surface area contributed by atoms with Crippen molar-refractivity contribution < 1.29 is 9.26 Å². The minimum Gasteiger partial charge on any atom is -0.496 e. The van der Waals surface area contributed by atoms with Gasteiger partial charge in [-0.25, -0.2) is 0 Å². The van der Waals surface area contributed by atoms with Crippen LogP contribution in [-0.2, 0) is 0 Å². The molecule has 0 fully saturated rings. The number of benzene rings is 2. The molecule has 6 heteroatoms. The predicted octanol–water partition coefficient (Wildman–Crippen LogP) is 3.65. The third-order valence-electron chi connectivity index (χ3n) is 2.99. The standard InChI is InChI=1S/C15H12ClN3O2/c1-20-13-8-10(16)4-7-12(13)14-18-15(21-19-14)9-2-5-11(17)6-3-9/h2-8H,17H2,1H3. The lowest BCUT2D eigenvalue weighted by molar-refractivity contribution is 0.413. The van der Waals surface area contributed by atoms with Crippen LogP contribution in [0.15, 0.2) is 47.0 Å². The molecule has 0 aliphatic heterocycles. The Bertz CT molecular complexity index is 769. The highest BCUT2D eigenvalue weighted by molar-refractivity contribution is 6.30. The Balaban J connectivity index is 2.00. The molecule has 0 amide bonds. The summed E-state index contributed by atoms with van der Waals surface area (Å²) in [6, 6.07) is 12.5. The van der Waals surface area contributed by atoms with E-state index in [1.807, 2.05) is 12.1 Å². The number of rotatable bonds is 3. The van der Waals surface area contributed by atoms with E-state index in [0.717, 1.165) is 5.56 Å². The maximum absolute atomic E-state index is 5.94. The molecule has 0 radical (unpaired) electrons. The zero-order chi connectivity index (χ0) is 14.8. The number of nitrogens with zero attached hydrogens (tertiary/aromatic N) is 2. The van der Waals surface area contributed by atoms with Crippen molar-refractivity contribution in [2.45, 2.75) is 0 Å². The predicted molar refractivity (Wildman–Crippen MR) is 81.1 cm³/mol. The van der Waals surface area contributed by atoms with Gasteiger partial charge in [-0.2, -0.15) is 4.98 Å². The van der Waals surface area contributed by atoms with Gasteiger partial charge in [0.25, 0.3) is 5.89 Å². The quantitative estimate of drug-likeness (QED) is 0.747. The first kappa shape index (κ1) is 13.5. The largest absolute Gasteiger partial charge is 0.496 e. The number of anilines is 1. The Morgan fingerprint density at radius 3 is 2.62 bits per heavy atom. The summed E-state index contributed by atoms with van der Waals surface area (Å²) in [4.78, 5) is 4.38. The Kier molecular flexibility index (Phi) is 3.50. The molecule has 0 aliphatic rings. The summed E-state index contributed by atoms with van der Waals surface area (Å²) in [7, 11) is 1.57. The number of nitrogen functional groups attached to an aromatic ring is 1. The smallest absolute Gasteiger partial charge is 0.258 e. The Morgan fingerprint density at radius 1 is 1.14 bits per heavy atom. The van der Waals surface area contributed by atoms with Gasteiger partial charge < -0.3 is 15.0 Å². The van der Waals surface area contributed by atoms with E-state index in [-0.39, 0.29) is 0 Å². The van der Waals surface area contributed by atoms with Gasteiger partial charge in [0, 0.05) is 16.3 Å². The lowest BCUT2D eigenvalue weighted by Crippen LogP contribution is -1.89. The molecule has 3 rings (SSSR count). The summed E-state index contributed by atoms with van der Waals surface area (Å²) < 4.78 is 10.6. The highest BCUT2D eigenvalue weighted by Crippen LogP contribution is 2.31. The van der Waals surface area contributed by atoms with Gasteiger partial charge in [-0.15, -0.1) is 0 Å². The van der Waals surface area contributed by atoms with Crippen molar-refractivity contribution in [1.29, 1.82) is 0 Å².